The van der Waals surface area contributed by atoms with Crippen molar-refractivity contribution in [3.8, 4) is 0 Å². The zero-order chi connectivity index (χ0) is 10.9. The van der Waals surface area contributed by atoms with Crippen molar-refractivity contribution in [2.75, 3.05) is 26.0 Å². The molecule has 1 aromatic rings. The number of rotatable bonds is 7. The van der Waals surface area contributed by atoms with E-state index in [1.807, 2.05) is 0 Å². The molecule has 0 saturated heterocycles. The maximum atomic E-state index is 5.66. The van der Waals surface area contributed by atoms with E-state index in [1.54, 1.807) is 0 Å². The van der Waals surface area contributed by atoms with Crippen molar-refractivity contribution >= 4 is 11.6 Å². The van der Waals surface area contributed by atoms with Crippen LogP contribution in [0.4, 0.5) is 0 Å². The molecular formula is C13H20ClN. The van der Waals surface area contributed by atoms with Crippen LogP contribution in [0.15, 0.2) is 30.3 Å². The fourth-order valence-corrected chi connectivity index (χ4v) is 1.90. The van der Waals surface area contributed by atoms with Crippen LogP contribution in [-0.2, 0) is 6.42 Å². The summed E-state index contributed by atoms with van der Waals surface area (Å²) in [7, 11) is 2.13. The van der Waals surface area contributed by atoms with Gasteiger partial charge in [-0.25, -0.2) is 0 Å². The van der Waals surface area contributed by atoms with Crippen molar-refractivity contribution in [3.63, 3.8) is 0 Å². The number of aryl methyl sites for hydroxylation is 1. The first-order valence-electron chi connectivity index (χ1n) is 5.61. The first-order valence-corrected chi connectivity index (χ1v) is 6.15. The summed E-state index contributed by atoms with van der Waals surface area (Å²) in [4.78, 5) is 2.29. The predicted octanol–water partition coefficient (Wildman–Crippen LogP) is 3.18. The van der Waals surface area contributed by atoms with Gasteiger partial charge in [-0.15, -0.1) is 11.6 Å². The van der Waals surface area contributed by atoms with Gasteiger partial charge in [-0.2, -0.15) is 0 Å². The van der Waals surface area contributed by atoms with E-state index in [0.717, 1.165) is 19.0 Å². The van der Waals surface area contributed by atoms with E-state index in [-0.39, 0.29) is 0 Å². The summed E-state index contributed by atoms with van der Waals surface area (Å²) in [5.41, 5.74) is 1.44. The minimum Gasteiger partial charge on any atom is -0.305 e. The van der Waals surface area contributed by atoms with Crippen LogP contribution in [0.5, 0.6) is 0 Å². The second-order valence-electron chi connectivity index (χ2n) is 3.93. The van der Waals surface area contributed by atoms with Crippen molar-refractivity contribution < 1.29 is 0 Å². The monoisotopic (exact) mass is 225 g/mol. The lowest BCUT2D eigenvalue weighted by Gasteiger charge is -2.14. The molecule has 1 aromatic carbocycles. The second kappa shape index (κ2) is 7.72. The van der Waals surface area contributed by atoms with Gasteiger partial charge < -0.3 is 4.90 Å². The number of benzene rings is 1. The summed E-state index contributed by atoms with van der Waals surface area (Å²) in [5, 5.41) is 0. The van der Waals surface area contributed by atoms with Gasteiger partial charge in [-0.3, -0.25) is 0 Å². The Hall–Kier alpha value is -0.530. The Balaban J connectivity index is 2.07. The normalized spacial score (nSPS) is 10.9. The van der Waals surface area contributed by atoms with Crippen LogP contribution in [0.3, 0.4) is 0 Å². The Morgan fingerprint density at radius 3 is 2.47 bits per heavy atom. The van der Waals surface area contributed by atoms with Gasteiger partial charge in [0.05, 0.1) is 0 Å². The molecule has 15 heavy (non-hydrogen) atoms. The maximum Gasteiger partial charge on any atom is 0.0351 e. The molecule has 0 saturated carbocycles. The minimum absolute atomic E-state index is 0.731. The Kier molecular flexibility index (Phi) is 6.45. The molecule has 0 fully saturated rings. The van der Waals surface area contributed by atoms with E-state index in [2.05, 4.69) is 42.3 Å². The first-order chi connectivity index (χ1) is 7.33. The lowest BCUT2D eigenvalue weighted by atomic mass is 10.1. The van der Waals surface area contributed by atoms with Crippen molar-refractivity contribution in [2.45, 2.75) is 19.3 Å². The molecule has 0 amide bonds. The van der Waals surface area contributed by atoms with Crippen LogP contribution in [-0.4, -0.2) is 30.9 Å². The standard InChI is InChI=1S/C13H20ClN/c1-15(12-10-14)11-6-5-9-13-7-3-2-4-8-13/h2-4,7-8H,5-6,9-12H2,1H3. The van der Waals surface area contributed by atoms with E-state index < -0.39 is 0 Å². The minimum atomic E-state index is 0.731. The molecule has 0 unspecified atom stereocenters. The van der Waals surface area contributed by atoms with E-state index in [1.165, 1.54) is 24.8 Å². The Morgan fingerprint density at radius 2 is 1.80 bits per heavy atom. The second-order valence-corrected chi connectivity index (χ2v) is 4.31. The Bertz CT molecular complexity index is 248. The SMILES string of the molecule is CN(CCCl)CCCCc1ccccc1. The van der Waals surface area contributed by atoms with Crippen LogP contribution in [0.1, 0.15) is 18.4 Å². The van der Waals surface area contributed by atoms with E-state index in [0.29, 0.717) is 0 Å². The number of hydrogen-bond acceptors (Lipinski definition) is 1. The molecule has 0 heterocycles. The van der Waals surface area contributed by atoms with Gasteiger partial charge in [0.25, 0.3) is 0 Å². The molecule has 0 N–H and O–H groups in total. The first kappa shape index (κ1) is 12.5. The van der Waals surface area contributed by atoms with Gasteiger partial charge in [-0.05, 0) is 38.4 Å². The third kappa shape index (κ3) is 5.81. The molecule has 0 atom stereocenters. The molecule has 0 aromatic heterocycles. The highest BCUT2D eigenvalue weighted by molar-refractivity contribution is 6.18. The summed E-state index contributed by atoms with van der Waals surface area (Å²) in [6, 6.07) is 10.7. The number of halogens is 1. The molecule has 2 heteroatoms. The summed E-state index contributed by atoms with van der Waals surface area (Å²) >= 11 is 5.66. The number of alkyl halides is 1. The molecule has 0 radical (unpaired) electrons. The molecule has 0 aliphatic carbocycles. The van der Waals surface area contributed by atoms with Crippen LogP contribution in [0.2, 0.25) is 0 Å². The molecule has 0 spiro atoms. The topological polar surface area (TPSA) is 3.24 Å². The summed E-state index contributed by atoms with van der Waals surface area (Å²) in [6.07, 6.45) is 3.70. The third-order valence-corrected chi connectivity index (χ3v) is 2.73. The molecule has 1 rings (SSSR count). The average molecular weight is 226 g/mol. The Labute approximate surface area is 98.0 Å². The fraction of sp³-hybridized carbons (Fsp3) is 0.538. The fourth-order valence-electron chi connectivity index (χ4n) is 1.61. The highest BCUT2D eigenvalue weighted by Gasteiger charge is 1.97. The van der Waals surface area contributed by atoms with Gasteiger partial charge in [0.1, 0.15) is 0 Å². The van der Waals surface area contributed by atoms with Crippen molar-refractivity contribution in [3.05, 3.63) is 35.9 Å². The van der Waals surface area contributed by atoms with Crippen molar-refractivity contribution in [2.24, 2.45) is 0 Å². The van der Waals surface area contributed by atoms with E-state index >= 15 is 0 Å². The molecule has 1 nitrogen and oxygen atoms in total. The highest BCUT2D eigenvalue weighted by atomic mass is 35.5. The maximum absolute atomic E-state index is 5.66. The summed E-state index contributed by atoms with van der Waals surface area (Å²) in [5.74, 6) is 0.731. The molecule has 0 aliphatic rings. The van der Waals surface area contributed by atoms with Crippen LogP contribution < -0.4 is 0 Å². The van der Waals surface area contributed by atoms with Gasteiger partial charge >= 0.3 is 0 Å². The number of unbranched alkanes of at least 4 members (excludes halogenated alkanes) is 1. The lowest BCUT2D eigenvalue weighted by molar-refractivity contribution is 0.345. The van der Waals surface area contributed by atoms with E-state index in [9.17, 15) is 0 Å². The van der Waals surface area contributed by atoms with Crippen LogP contribution in [0, 0.1) is 0 Å². The smallest absolute Gasteiger partial charge is 0.0351 e. The number of hydrogen-bond donors (Lipinski definition) is 0. The molecule has 0 bridgehead atoms. The summed E-state index contributed by atoms with van der Waals surface area (Å²) < 4.78 is 0. The summed E-state index contributed by atoms with van der Waals surface area (Å²) in [6.45, 7) is 2.15. The van der Waals surface area contributed by atoms with Crippen molar-refractivity contribution in [1.29, 1.82) is 0 Å². The Morgan fingerprint density at radius 1 is 1.07 bits per heavy atom. The largest absolute Gasteiger partial charge is 0.305 e. The molecular weight excluding hydrogens is 206 g/mol. The number of nitrogens with zero attached hydrogens (tertiary/aromatic N) is 1. The van der Waals surface area contributed by atoms with Gasteiger partial charge in [0.15, 0.2) is 0 Å². The van der Waals surface area contributed by atoms with Crippen LogP contribution in [0.25, 0.3) is 0 Å². The van der Waals surface area contributed by atoms with Gasteiger partial charge in [-0.1, -0.05) is 30.3 Å². The average Bonchev–Trinajstić information content (AvgIpc) is 2.26. The van der Waals surface area contributed by atoms with Gasteiger partial charge in [0.2, 0.25) is 0 Å². The zero-order valence-corrected chi connectivity index (χ0v) is 10.2. The molecule has 0 aliphatic heterocycles. The van der Waals surface area contributed by atoms with E-state index in [4.69, 9.17) is 11.6 Å². The quantitative estimate of drug-likeness (QED) is 0.509. The van der Waals surface area contributed by atoms with Crippen molar-refractivity contribution in [1.82, 2.24) is 4.90 Å². The molecule has 84 valence electrons. The third-order valence-electron chi connectivity index (χ3n) is 2.56. The van der Waals surface area contributed by atoms with Crippen LogP contribution >= 0.6 is 11.6 Å². The highest BCUT2D eigenvalue weighted by Crippen LogP contribution is 2.04. The zero-order valence-electron chi connectivity index (χ0n) is 9.45. The van der Waals surface area contributed by atoms with Gasteiger partial charge in [0, 0.05) is 12.4 Å². The lowest BCUT2D eigenvalue weighted by Crippen LogP contribution is -2.21. The predicted molar refractivity (Wildman–Crippen MR) is 67.6 cm³/mol.